The molecule has 0 aliphatic heterocycles. The Morgan fingerprint density at radius 3 is 0.783 bits per heavy atom. The average molecular weight is 1710 g/mol. The van der Waals surface area contributed by atoms with Crippen LogP contribution in [0, 0.1) is 0 Å². The van der Waals surface area contributed by atoms with Crippen LogP contribution in [0.15, 0.2) is 282 Å². The Kier molecular flexibility index (Phi) is 46.8. The summed E-state index contributed by atoms with van der Waals surface area (Å²) >= 11 is 33.8. The van der Waals surface area contributed by atoms with E-state index in [1.807, 2.05) is 84.9 Å². The maximum absolute atomic E-state index is 12.2. The van der Waals surface area contributed by atoms with E-state index in [2.05, 4.69) is 101 Å². The van der Waals surface area contributed by atoms with Crippen LogP contribution in [-0.2, 0) is 87.7 Å². The van der Waals surface area contributed by atoms with Gasteiger partial charge in [-0.2, -0.15) is 0 Å². The van der Waals surface area contributed by atoms with Crippen molar-refractivity contribution < 1.29 is 95.2 Å². The molecule has 10 aromatic rings. The van der Waals surface area contributed by atoms with Gasteiger partial charge in [-0.1, -0.05) is 131 Å². The number of rotatable bonds is 34. The van der Waals surface area contributed by atoms with Gasteiger partial charge < -0.3 is 56.8 Å². The molecule has 0 aromatic heterocycles. The number of thiol groups is 8. The summed E-state index contributed by atoms with van der Waals surface area (Å²) in [7, 11) is 0. The van der Waals surface area contributed by atoms with E-state index in [9.17, 15) is 38.4 Å². The summed E-state index contributed by atoms with van der Waals surface area (Å²) in [5.74, 6) is -1.97. The van der Waals surface area contributed by atoms with Crippen LogP contribution in [0.25, 0.3) is 0 Å². The standard InChI is InChI=1S/C28H22O5S2.C20H22O5S2.2C18H18O5S2.3CH4/c29-27(23-5-1-3-7-25(23)34)31-17-19-9-13-21(14-10-19)33-22-15-11-20(12-16-22)18-32-28(30)24-6-2-4-8-26(24)35;21-19(13-15-3-1-5-17(26)11-15)24-9-7-23-8-10-25-20(22)14-16-4-2-6-18(27)12-16;19-17(13-3-1-5-15(24)11-13)22-9-7-21-8-10-23-18(20)14-4-2-6-16(25)12-14;19-17(13-5-1-3-7-15(13)24)22-11-9-21-10-12-23-18(20)14-6-2-4-8-16(14)25;;;/h1-16,34-35H,17-18H2;1-6,11-12,26-27H,7-10,13-14H2;1-6,11-12,24-25H,7-10H2;1-8,24-25H,9-12H2;3*1H4. The molecule has 608 valence electrons. The minimum Gasteiger partial charge on any atom is -0.463 e. The third-order valence-corrected chi connectivity index (χ3v) is 17.5. The number of hydrogen-bond acceptors (Lipinski definition) is 28. The molecule has 115 heavy (non-hydrogen) atoms. The molecule has 0 heterocycles. The maximum Gasteiger partial charge on any atom is 0.339 e. The molecule has 20 nitrogen and oxygen atoms in total. The fourth-order valence-electron chi connectivity index (χ4n) is 9.35. The lowest BCUT2D eigenvalue weighted by Crippen LogP contribution is -2.16. The molecule has 0 fully saturated rings. The maximum atomic E-state index is 12.2. The second-order valence-electron chi connectivity index (χ2n) is 23.2. The topological polar surface area (TPSA) is 247 Å². The molecule has 0 N–H and O–H groups in total. The van der Waals surface area contributed by atoms with Crippen LogP contribution in [0.1, 0.15) is 107 Å². The largest absolute Gasteiger partial charge is 0.463 e. The van der Waals surface area contributed by atoms with Crippen LogP contribution in [0.4, 0.5) is 0 Å². The van der Waals surface area contributed by atoms with Gasteiger partial charge in [0, 0.05) is 39.2 Å². The van der Waals surface area contributed by atoms with E-state index < -0.39 is 35.8 Å². The minimum absolute atomic E-state index is 0. The van der Waals surface area contributed by atoms with E-state index in [1.165, 1.54) is 0 Å². The summed E-state index contributed by atoms with van der Waals surface area (Å²) < 4.78 is 63.0. The van der Waals surface area contributed by atoms with Gasteiger partial charge in [0.2, 0.25) is 0 Å². The highest BCUT2D eigenvalue weighted by Crippen LogP contribution is 2.25. The lowest BCUT2D eigenvalue weighted by atomic mass is 10.1. The predicted molar refractivity (Wildman–Crippen MR) is 464 cm³/mol. The van der Waals surface area contributed by atoms with Gasteiger partial charge in [0.05, 0.1) is 85.9 Å². The van der Waals surface area contributed by atoms with Crippen molar-refractivity contribution >= 4 is 149 Å². The second-order valence-corrected chi connectivity index (χ2v) is 27.2. The zero-order chi connectivity index (χ0) is 80.2. The summed E-state index contributed by atoms with van der Waals surface area (Å²) in [6, 6.07) is 70.6. The van der Waals surface area contributed by atoms with Crippen molar-refractivity contribution in [1.29, 1.82) is 0 Å². The number of hydrogen-bond donors (Lipinski definition) is 8. The van der Waals surface area contributed by atoms with E-state index in [4.69, 9.17) is 56.8 Å². The van der Waals surface area contributed by atoms with Gasteiger partial charge in [-0.05, 0) is 156 Å². The quantitative estimate of drug-likeness (QED) is 0.00808. The van der Waals surface area contributed by atoms with Crippen LogP contribution in [-0.4, -0.2) is 127 Å². The highest BCUT2D eigenvalue weighted by atomic mass is 32.1. The van der Waals surface area contributed by atoms with Gasteiger partial charge in [0.15, 0.2) is 0 Å². The molecule has 0 saturated carbocycles. The summed E-state index contributed by atoms with van der Waals surface area (Å²) in [6.45, 7) is 2.39. The molecule has 0 spiro atoms. The van der Waals surface area contributed by atoms with E-state index in [0.29, 0.717) is 74.3 Å². The Labute approximate surface area is 715 Å². The Morgan fingerprint density at radius 1 is 0.235 bits per heavy atom. The summed E-state index contributed by atoms with van der Waals surface area (Å²) in [5, 5.41) is 0. The smallest absolute Gasteiger partial charge is 0.339 e. The first-order chi connectivity index (χ1) is 54.2. The van der Waals surface area contributed by atoms with Crippen LogP contribution < -0.4 is 4.74 Å². The molecule has 0 atom stereocenters. The van der Waals surface area contributed by atoms with Gasteiger partial charge in [-0.15, -0.1) is 101 Å². The number of carbonyl (C=O) groups is 8. The first-order valence-electron chi connectivity index (χ1n) is 34.4. The molecule has 0 aliphatic carbocycles. The third-order valence-electron chi connectivity index (χ3n) is 14.8. The molecule has 10 aromatic carbocycles. The van der Waals surface area contributed by atoms with Crippen molar-refractivity contribution in [3.05, 3.63) is 298 Å². The molecular formula is C87H92O20S8. The molecule has 10 rings (SSSR count). The van der Waals surface area contributed by atoms with Gasteiger partial charge in [-0.3, -0.25) is 9.59 Å². The van der Waals surface area contributed by atoms with E-state index in [-0.39, 0.29) is 140 Å². The van der Waals surface area contributed by atoms with Crippen molar-refractivity contribution in [2.75, 3.05) is 79.3 Å². The molecule has 0 bridgehead atoms. The van der Waals surface area contributed by atoms with Gasteiger partial charge in [0.25, 0.3) is 0 Å². The van der Waals surface area contributed by atoms with E-state index in [1.54, 1.807) is 158 Å². The van der Waals surface area contributed by atoms with E-state index >= 15 is 0 Å². The van der Waals surface area contributed by atoms with Crippen molar-refractivity contribution in [3.8, 4) is 11.5 Å². The Hall–Kier alpha value is -9.56. The molecule has 0 unspecified atom stereocenters. The monoisotopic (exact) mass is 1710 g/mol. The highest BCUT2D eigenvalue weighted by molar-refractivity contribution is 7.81. The highest BCUT2D eigenvalue weighted by Gasteiger charge is 2.16. The van der Waals surface area contributed by atoms with Crippen molar-refractivity contribution in [1.82, 2.24) is 0 Å². The van der Waals surface area contributed by atoms with Crippen LogP contribution in [0.5, 0.6) is 11.5 Å². The molecule has 0 radical (unpaired) electrons. The van der Waals surface area contributed by atoms with Crippen molar-refractivity contribution in [3.63, 3.8) is 0 Å². The summed E-state index contributed by atoms with van der Waals surface area (Å²) in [6.07, 6.45) is 0.388. The first kappa shape index (κ1) is 97.8. The Balaban J connectivity index is 0.000000324. The molecule has 28 heteroatoms. The molecule has 0 aliphatic rings. The van der Waals surface area contributed by atoms with Crippen LogP contribution >= 0.6 is 101 Å². The predicted octanol–water partition coefficient (Wildman–Crippen LogP) is 18.4. The number of carbonyl (C=O) groups excluding carboxylic acids is 8. The Bertz CT molecular complexity index is 4410. The van der Waals surface area contributed by atoms with Gasteiger partial charge in [0.1, 0.15) is 64.4 Å². The van der Waals surface area contributed by atoms with Crippen LogP contribution in [0.3, 0.4) is 0 Å². The first-order valence-corrected chi connectivity index (χ1v) is 37.9. The minimum atomic E-state index is -0.453. The lowest BCUT2D eigenvalue weighted by Gasteiger charge is -2.10. The summed E-state index contributed by atoms with van der Waals surface area (Å²) in [5.41, 5.74) is 5.93. The number of benzene rings is 10. The molecule has 0 saturated heterocycles. The number of esters is 8. The zero-order valence-electron chi connectivity index (χ0n) is 60.2. The normalized spacial score (nSPS) is 10.1. The fourth-order valence-corrected chi connectivity index (χ4v) is 11.3. The second kappa shape index (κ2) is 55.1. The SMILES string of the molecule is C.C.C.O=C(Cc1cccc(S)c1)OCCOCCOC(=O)Cc1cccc(S)c1.O=C(OCCOCCOC(=O)c1cccc(S)c1)c1cccc(S)c1.O=C(OCCOCCOC(=O)c1ccccc1S)c1ccccc1S.O=C(OCc1ccc(Oc2ccc(COC(=O)c3ccccc3S)cc2)cc1)c1ccccc1S. The van der Waals surface area contributed by atoms with Gasteiger partial charge >= 0.3 is 47.8 Å². The van der Waals surface area contributed by atoms with Crippen molar-refractivity contribution in [2.24, 2.45) is 0 Å². The summed E-state index contributed by atoms with van der Waals surface area (Å²) in [4.78, 5) is 100. The zero-order valence-corrected chi connectivity index (χ0v) is 67.3. The average Bonchev–Trinajstić information content (AvgIpc) is 0.871. The lowest BCUT2D eigenvalue weighted by molar-refractivity contribution is -0.145. The van der Waals surface area contributed by atoms with Crippen molar-refractivity contribution in [2.45, 2.75) is 87.5 Å². The van der Waals surface area contributed by atoms with Crippen LogP contribution in [0.2, 0.25) is 0 Å². The fraction of sp³-hybridized carbons (Fsp3) is 0.218. The molecule has 0 amide bonds. The Morgan fingerprint density at radius 2 is 0.496 bits per heavy atom. The van der Waals surface area contributed by atoms with Gasteiger partial charge in [-0.25, -0.2) is 28.8 Å². The number of ether oxygens (including phenoxy) is 12. The molecular weight excluding hydrogens is 1620 g/mol. The third kappa shape index (κ3) is 37.7. The van der Waals surface area contributed by atoms with E-state index in [0.717, 1.165) is 32.0 Å².